The number of carbonyl (C=O) groups excluding carboxylic acids is 1. The number of hydrogen-bond donors (Lipinski definition) is 0. The Morgan fingerprint density at radius 3 is 2.94 bits per heavy atom. The average Bonchev–Trinajstić information content (AvgIpc) is 2.73. The Morgan fingerprint density at radius 2 is 2.35 bits per heavy atom. The van der Waals surface area contributed by atoms with Crippen LogP contribution in [-0.2, 0) is 23.2 Å². The van der Waals surface area contributed by atoms with Crippen LogP contribution in [-0.4, -0.2) is 26.2 Å². The monoisotopic (exact) mass is 232 g/mol. The molecule has 2 heterocycles. The van der Waals surface area contributed by atoms with Crippen molar-refractivity contribution < 1.29 is 9.53 Å². The van der Waals surface area contributed by atoms with E-state index in [1.165, 1.54) is 0 Å². The van der Waals surface area contributed by atoms with E-state index in [1.54, 1.807) is 17.1 Å². The molecular weight excluding hydrogens is 220 g/mol. The molecular formula is C11H12N4O2. The lowest BCUT2D eigenvalue weighted by Gasteiger charge is -2.06. The van der Waals surface area contributed by atoms with Crippen molar-refractivity contribution in [3.63, 3.8) is 0 Å². The normalized spacial score (nSPS) is 10.2. The number of aromatic nitrogens is 4. The molecule has 0 aliphatic rings. The SMILES string of the molecule is Cc1nc(COC=O)ncc1-c1ccnn1C. The maximum Gasteiger partial charge on any atom is 0.293 e. The number of carbonyl (C=O) groups is 1. The van der Waals surface area contributed by atoms with Crippen LogP contribution in [0.15, 0.2) is 18.5 Å². The molecule has 0 N–H and O–H groups in total. The topological polar surface area (TPSA) is 69.9 Å². The van der Waals surface area contributed by atoms with Gasteiger partial charge in [0.1, 0.15) is 0 Å². The highest BCUT2D eigenvalue weighted by Gasteiger charge is 2.08. The molecule has 0 radical (unpaired) electrons. The average molecular weight is 232 g/mol. The highest BCUT2D eigenvalue weighted by molar-refractivity contribution is 5.60. The third-order valence-electron chi connectivity index (χ3n) is 2.41. The van der Waals surface area contributed by atoms with E-state index < -0.39 is 0 Å². The van der Waals surface area contributed by atoms with Crippen molar-refractivity contribution in [1.29, 1.82) is 0 Å². The Balaban J connectivity index is 2.32. The van der Waals surface area contributed by atoms with Gasteiger partial charge in [-0.1, -0.05) is 0 Å². The zero-order valence-electron chi connectivity index (χ0n) is 9.62. The summed E-state index contributed by atoms with van der Waals surface area (Å²) in [5.74, 6) is 0.487. The number of aryl methyl sites for hydroxylation is 2. The van der Waals surface area contributed by atoms with Crippen LogP contribution in [0.5, 0.6) is 0 Å². The van der Waals surface area contributed by atoms with Gasteiger partial charge in [-0.2, -0.15) is 5.10 Å². The van der Waals surface area contributed by atoms with Crippen LogP contribution < -0.4 is 0 Å². The van der Waals surface area contributed by atoms with Gasteiger partial charge in [0.2, 0.25) is 0 Å². The predicted octanol–water partition coefficient (Wildman–Crippen LogP) is 0.859. The van der Waals surface area contributed by atoms with Crippen LogP contribution in [0.25, 0.3) is 11.3 Å². The fourth-order valence-corrected chi connectivity index (χ4v) is 1.58. The number of hydrogen-bond acceptors (Lipinski definition) is 5. The number of rotatable bonds is 4. The molecule has 88 valence electrons. The highest BCUT2D eigenvalue weighted by atomic mass is 16.5. The van der Waals surface area contributed by atoms with Gasteiger partial charge in [0.05, 0.1) is 11.4 Å². The Bertz CT molecular complexity index is 536. The largest absolute Gasteiger partial charge is 0.460 e. The summed E-state index contributed by atoms with van der Waals surface area (Å²) in [5, 5.41) is 4.10. The maximum absolute atomic E-state index is 10.1. The minimum Gasteiger partial charge on any atom is -0.460 e. The van der Waals surface area contributed by atoms with Crippen molar-refractivity contribution in [3.8, 4) is 11.3 Å². The van der Waals surface area contributed by atoms with E-state index in [9.17, 15) is 4.79 Å². The third-order valence-corrected chi connectivity index (χ3v) is 2.41. The van der Waals surface area contributed by atoms with Crippen LogP contribution in [0.4, 0.5) is 0 Å². The van der Waals surface area contributed by atoms with E-state index in [1.807, 2.05) is 20.0 Å². The molecule has 0 atom stereocenters. The zero-order valence-corrected chi connectivity index (χ0v) is 9.62. The second-order valence-corrected chi connectivity index (χ2v) is 3.53. The first kappa shape index (κ1) is 11.3. The lowest BCUT2D eigenvalue weighted by Crippen LogP contribution is -2.03. The standard InChI is InChI=1S/C11H12N4O2/c1-8-9(10-3-4-13-15(10)2)5-12-11(14-8)6-17-7-16/h3-5,7H,6H2,1-2H3. The molecule has 6 nitrogen and oxygen atoms in total. The first-order valence-corrected chi connectivity index (χ1v) is 5.08. The molecule has 0 saturated heterocycles. The Labute approximate surface area is 98.3 Å². The molecule has 0 fully saturated rings. The lowest BCUT2D eigenvalue weighted by atomic mass is 10.2. The van der Waals surface area contributed by atoms with E-state index in [-0.39, 0.29) is 6.61 Å². The van der Waals surface area contributed by atoms with Crippen molar-refractivity contribution in [3.05, 3.63) is 30.0 Å². The fourth-order valence-electron chi connectivity index (χ4n) is 1.58. The highest BCUT2D eigenvalue weighted by Crippen LogP contribution is 2.20. The van der Waals surface area contributed by atoms with Crippen molar-refractivity contribution >= 4 is 6.47 Å². The number of ether oxygens (including phenoxy) is 1. The molecule has 6 heteroatoms. The molecule has 0 aliphatic heterocycles. The van der Waals surface area contributed by atoms with E-state index in [4.69, 9.17) is 0 Å². The summed E-state index contributed by atoms with van der Waals surface area (Å²) in [7, 11) is 1.86. The third kappa shape index (κ3) is 2.30. The Morgan fingerprint density at radius 1 is 1.53 bits per heavy atom. The van der Waals surface area contributed by atoms with Gasteiger partial charge in [0, 0.05) is 25.0 Å². The van der Waals surface area contributed by atoms with Crippen molar-refractivity contribution in [2.75, 3.05) is 0 Å². The van der Waals surface area contributed by atoms with Gasteiger partial charge >= 0.3 is 0 Å². The molecule has 0 unspecified atom stereocenters. The molecule has 0 spiro atoms. The van der Waals surface area contributed by atoms with Crippen LogP contribution in [0.3, 0.4) is 0 Å². The Kier molecular flexibility index (Phi) is 3.13. The minimum atomic E-state index is 0.0933. The zero-order chi connectivity index (χ0) is 12.3. The summed E-state index contributed by atoms with van der Waals surface area (Å²) >= 11 is 0. The van der Waals surface area contributed by atoms with Crippen molar-refractivity contribution in [2.45, 2.75) is 13.5 Å². The minimum absolute atomic E-state index is 0.0933. The molecule has 0 aromatic carbocycles. The van der Waals surface area contributed by atoms with Gasteiger partial charge in [-0.25, -0.2) is 9.97 Å². The quantitative estimate of drug-likeness (QED) is 0.731. The number of nitrogens with zero attached hydrogens (tertiary/aromatic N) is 4. The Hall–Kier alpha value is -2.24. The first-order valence-electron chi connectivity index (χ1n) is 5.08. The molecule has 0 aliphatic carbocycles. The molecule has 17 heavy (non-hydrogen) atoms. The van der Waals surface area contributed by atoms with Gasteiger partial charge in [-0.15, -0.1) is 0 Å². The molecule has 2 aromatic heterocycles. The lowest BCUT2D eigenvalue weighted by molar-refractivity contribution is -0.130. The van der Waals surface area contributed by atoms with E-state index in [2.05, 4.69) is 19.8 Å². The van der Waals surface area contributed by atoms with Gasteiger partial charge < -0.3 is 4.74 Å². The van der Waals surface area contributed by atoms with Crippen molar-refractivity contribution in [2.24, 2.45) is 7.05 Å². The van der Waals surface area contributed by atoms with Gasteiger partial charge in [0.25, 0.3) is 6.47 Å². The van der Waals surface area contributed by atoms with Gasteiger partial charge in [-0.05, 0) is 13.0 Å². The first-order chi connectivity index (χ1) is 8.22. The second-order valence-electron chi connectivity index (χ2n) is 3.53. The summed E-state index contributed by atoms with van der Waals surface area (Å²) in [6.07, 6.45) is 3.43. The van der Waals surface area contributed by atoms with E-state index in [0.29, 0.717) is 12.3 Å². The van der Waals surface area contributed by atoms with Crippen LogP contribution >= 0.6 is 0 Å². The summed E-state index contributed by atoms with van der Waals surface area (Å²) < 4.78 is 6.36. The van der Waals surface area contributed by atoms with E-state index in [0.717, 1.165) is 17.0 Å². The second kappa shape index (κ2) is 4.73. The van der Waals surface area contributed by atoms with Gasteiger partial charge in [-0.3, -0.25) is 9.48 Å². The fraction of sp³-hybridized carbons (Fsp3) is 0.273. The molecule has 0 saturated carbocycles. The van der Waals surface area contributed by atoms with Crippen molar-refractivity contribution in [1.82, 2.24) is 19.7 Å². The molecule has 0 amide bonds. The summed E-state index contributed by atoms with van der Waals surface area (Å²) in [6.45, 7) is 2.36. The summed E-state index contributed by atoms with van der Waals surface area (Å²) in [6, 6.07) is 1.90. The summed E-state index contributed by atoms with van der Waals surface area (Å²) in [4.78, 5) is 18.5. The van der Waals surface area contributed by atoms with Crippen LogP contribution in [0.1, 0.15) is 11.5 Å². The smallest absolute Gasteiger partial charge is 0.293 e. The van der Waals surface area contributed by atoms with Crippen LogP contribution in [0, 0.1) is 6.92 Å². The molecule has 0 bridgehead atoms. The predicted molar refractivity (Wildman–Crippen MR) is 59.8 cm³/mol. The van der Waals surface area contributed by atoms with Gasteiger partial charge in [0.15, 0.2) is 12.4 Å². The van der Waals surface area contributed by atoms with Crippen LogP contribution in [0.2, 0.25) is 0 Å². The maximum atomic E-state index is 10.1. The van der Waals surface area contributed by atoms with E-state index >= 15 is 0 Å². The summed E-state index contributed by atoms with van der Waals surface area (Å²) in [5.41, 5.74) is 2.69. The molecule has 2 rings (SSSR count). The molecule has 2 aromatic rings.